The summed E-state index contributed by atoms with van der Waals surface area (Å²) in [5, 5.41) is 0. The first kappa shape index (κ1) is 23.3. The molecule has 0 amide bonds. The quantitative estimate of drug-likeness (QED) is 0.374. The van der Waals surface area contributed by atoms with E-state index in [9.17, 15) is 0 Å². The van der Waals surface area contributed by atoms with Crippen LogP contribution in [-0.4, -0.2) is 23.1 Å². The average molecular weight is 242 g/mol. The van der Waals surface area contributed by atoms with Crippen LogP contribution in [0, 0.1) is 5.92 Å². The zero-order valence-corrected chi connectivity index (χ0v) is 9.63. The topological polar surface area (TPSA) is 0 Å². The van der Waals surface area contributed by atoms with E-state index in [1.807, 2.05) is 0 Å². The molecule has 0 N–H and O–H groups in total. The van der Waals surface area contributed by atoms with Gasteiger partial charge in [0.1, 0.15) is 0 Å². The summed E-state index contributed by atoms with van der Waals surface area (Å²) in [6, 6.07) is 0. The van der Waals surface area contributed by atoms with Gasteiger partial charge in [-0.3, -0.25) is 0 Å². The monoisotopic (exact) mass is 240 g/mol. The van der Waals surface area contributed by atoms with Crippen LogP contribution in [0.4, 0.5) is 0 Å². The van der Waals surface area contributed by atoms with E-state index >= 15 is 0 Å². The van der Waals surface area contributed by atoms with E-state index in [1.54, 1.807) is 0 Å². The number of rotatable bonds is 0. The summed E-state index contributed by atoms with van der Waals surface area (Å²) >= 11 is 0. The van der Waals surface area contributed by atoms with Crippen molar-refractivity contribution in [3.63, 3.8) is 0 Å². The SMILES string of the molecule is CC(C)C.[Br-].[Br-].[Mg+2]. The molecule has 3 heteroatoms. The summed E-state index contributed by atoms with van der Waals surface area (Å²) < 4.78 is 0. The maximum absolute atomic E-state index is 2.17. The van der Waals surface area contributed by atoms with Gasteiger partial charge in [-0.15, -0.1) is 0 Å². The van der Waals surface area contributed by atoms with E-state index in [0.29, 0.717) is 0 Å². The maximum Gasteiger partial charge on any atom is 2.00 e. The average Bonchev–Trinajstić information content (AvgIpc) is 0.811. The zero-order chi connectivity index (χ0) is 3.58. The Morgan fingerprint density at radius 3 is 0.857 bits per heavy atom. The van der Waals surface area contributed by atoms with Crippen LogP contribution in [0.1, 0.15) is 20.8 Å². The summed E-state index contributed by atoms with van der Waals surface area (Å²) in [5.41, 5.74) is 0. The molecule has 0 rings (SSSR count). The number of halogens is 2. The van der Waals surface area contributed by atoms with E-state index in [-0.39, 0.29) is 57.0 Å². The van der Waals surface area contributed by atoms with E-state index in [2.05, 4.69) is 20.8 Å². The fraction of sp³-hybridized carbons (Fsp3) is 1.00. The molecule has 0 aromatic carbocycles. The Morgan fingerprint density at radius 2 is 0.857 bits per heavy atom. The van der Waals surface area contributed by atoms with Gasteiger partial charge in [0.2, 0.25) is 0 Å². The van der Waals surface area contributed by atoms with Gasteiger partial charge in [-0.25, -0.2) is 0 Å². The van der Waals surface area contributed by atoms with Crippen LogP contribution >= 0.6 is 0 Å². The van der Waals surface area contributed by atoms with E-state index < -0.39 is 0 Å². The molecule has 0 heterocycles. The van der Waals surface area contributed by atoms with Crippen LogP contribution in [0.2, 0.25) is 0 Å². The summed E-state index contributed by atoms with van der Waals surface area (Å²) in [6.07, 6.45) is 0. The second-order valence-electron chi connectivity index (χ2n) is 1.73. The Labute approximate surface area is 83.1 Å². The smallest absolute Gasteiger partial charge is 1.00 e. The molecule has 0 saturated heterocycles. The fourth-order valence-corrected chi connectivity index (χ4v) is 0. The Morgan fingerprint density at radius 1 is 0.857 bits per heavy atom. The second-order valence-corrected chi connectivity index (χ2v) is 1.73. The second kappa shape index (κ2) is 15.6. The van der Waals surface area contributed by atoms with Gasteiger partial charge >= 0.3 is 23.1 Å². The molecule has 0 aromatic rings. The number of hydrogen-bond donors (Lipinski definition) is 0. The molecule has 0 saturated carbocycles. The van der Waals surface area contributed by atoms with Crippen molar-refractivity contribution >= 4 is 23.1 Å². The minimum Gasteiger partial charge on any atom is -1.00 e. The molecular formula is C4H10Br2Mg. The van der Waals surface area contributed by atoms with Gasteiger partial charge in [-0.1, -0.05) is 20.8 Å². The third-order valence-electron chi connectivity index (χ3n) is 0. The van der Waals surface area contributed by atoms with Gasteiger partial charge in [-0.05, 0) is 5.92 Å². The van der Waals surface area contributed by atoms with Crippen molar-refractivity contribution < 1.29 is 34.0 Å². The molecule has 0 bridgehead atoms. The van der Waals surface area contributed by atoms with Crippen LogP contribution < -0.4 is 34.0 Å². The Hall–Kier alpha value is 1.73. The van der Waals surface area contributed by atoms with E-state index in [4.69, 9.17) is 0 Å². The van der Waals surface area contributed by atoms with Crippen molar-refractivity contribution in [2.75, 3.05) is 0 Å². The molecule has 0 radical (unpaired) electrons. The summed E-state index contributed by atoms with van der Waals surface area (Å²) in [4.78, 5) is 0. The van der Waals surface area contributed by atoms with Crippen LogP contribution in [0.25, 0.3) is 0 Å². The van der Waals surface area contributed by atoms with Gasteiger partial charge in [-0.2, -0.15) is 0 Å². The molecule has 0 spiro atoms. The van der Waals surface area contributed by atoms with Crippen molar-refractivity contribution in [2.24, 2.45) is 5.92 Å². The third kappa shape index (κ3) is 85.0. The molecule has 7 heavy (non-hydrogen) atoms. The molecular weight excluding hydrogens is 232 g/mol. The largest absolute Gasteiger partial charge is 2.00 e. The predicted molar refractivity (Wildman–Crippen MR) is 26.3 cm³/mol. The summed E-state index contributed by atoms with van der Waals surface area (Å²) in [6.45, 7) is 6.50. The Bertz CT molecular complexity index is 14.4. The van der Waals surface area contributed by atoms with Crippen molar-refractivity contribution in [3.8, 4) is 0 Å². The molecule has 0 aliphatic heterocycles. The van der Waals surface area contributed by atoms with E-state index in [0.717, 1.165) is 5.92 Å². The normalized spacial score (nSPS) is 5.14. The first-order chi connectivity index (χ1) is 1.73. The Balaban J connectivity index is -0.0000000150. The molecule has 0 nitrogen and oxygen atoms in total. The van der Waals surface area contributed by atoms with Crippen molar-refractivity contribution in [2.45, 2.75) is 20.8 Å². The minimum atomic E-state index is 0. The van der Waals surface area contributed by atoms with Crippen molar-refractivity contribution in [1.82, 2.24) is 0 Å². The Kier molecular flexibility index (Phi) is 52.1. The first-order valence-corrected chi connectivity index (χ1v) is 1.73. The molecule has 0 aliphatic rings. The molecule has 0 atom stereocenters. The predicted octanol–water partition coefficient (Wildman–Crippen LogP) is -4.71. The first-order valence-electron chi connectivity index (χ1n) is 1.73. The van der Waals surface area contributed by atoms with Crippen LogP contribution in [0.15, 0.2) is 0 Å². The molecule has 0 aliphatic carbocycles. The molecule has 0 aromatic heterocycles. The van der Waals surface area contributed by atoms with Crippen LogP contribution in [-0.2, 0) is 0 Å². The van der Waals surface area contributed by atoms with Crippen LogP contribution in [0.3, 0.4) is 0 Å². The van der Waals surface area contributed by atoms with Crippen molar-refractivity contribution in [1.29, 1.82) is 0 Å². The molecule has 0 unspecified atom stereocenters. The van der Waals surface area contributed by atoms with Gasteiger partial charge in [0.15, 0.2) is 0 Å². The minimum absolute atomic E-state index is 0. The zero-order valence-electron chi connectivity index (χ0n) is 5.04. The summed E-state index contributed by atoms with van der Waals surface area (Å²) in [7, 11) is 0. The summed E-state index contributed by atoms with van der Waals surface area (Å²) in [5.74, 6) is 0.833. The standard InChI is InChI=1S/C4H10.2BrH.Mg/c1-4(2)3;;;/h4H,1-3H3;2*1H;/q;;;+2/p-2. The van der Waals surface area contributed by atoms with Crippen LogP contribution in [0.5, 0.6) is 0 Å². The van der Waals surface area contributed by atoms with Gasteiger partial charge in [0.05, 0.1) is 0 Å². The van der Waals surface area contributed by atoms with Gasteiger partial charge < -0.3 is 34.0 Å². The fourth-order valence-electron chi connectivity index (χ4n) is 0. The number of hydrogen-bond acceptors (Lipinski definition) is 0. The molecule has 42 valence electrons. The maximum atomic E-state index is 2.17. The third-order valence-corrected chi connectivity index (χ3v) is 0. The van der Waals surface area contributed by atoms with Crippen molar-refractivity contribution in [3.05, 3.63) is 0 Å². The van der Waals surface area contributed by atoms with Gasteiger partial charge in [0.25, 0.3) is 0 Å². The van der Waals surface area contributed by atoms with E-state index in [1.165, 1.54) is 0 Å². The molecule has 0 fully saturated rings. The van der Waals surface area contributed by atoms with Gasteiger partial charge in [0, 0.05) is 0 Å².